The number of carbonyl (C=O) groups excluding carboxylic acids is 2. The van der Waals surface area contributed by atoms with Crippen LogP contribution in [0.25, 0.3) is 6.08 Å². The minimum atomic E-state index is -0.650. The number of anilines is 1. The molecule has 2 aromatic heterocycles. The van der Waals surface area contributed by atoms with Gasteiger partial charge in [0.15, 0.2) is 0 Å². The summed E-state index contributed by atoms with van der Waals surface area (Å²) in [5.74, 6) is -0.902. The van der Waals surface area contributed by atoms with Crippen molar-refractivity contribution in [2.24, 2.45) is 0 Å². The highest BCUT2D eigenvalue weighted by molar-refractivity contribution is 7.18. The van der Waals surface area contributed by atoms with E-state index in [0.717, 1.165) is 11.3 Å². The van der Waals surface area contributed by atoms with E-state index in [9.17, 15) is 20.1 Å². The lowest BCUT2D eigenvalue weighted by Crippen LogP contribution is -2.21. The smallest absolute Gasteiger partial charge is 0.266 e. The Kier molecular flexibility index (Phi) is 6.11. The Bertz CT molecular complexity index is 1000. The molecule has 0 saturated heterocycles. The summed E-state index contributed by atoms with van der Waals surface area (Å²) in [5.41, 5.74) is 1.22. The maximum Gasteiger partial charge on any atom is 0.266 e. The summed E-state index contributed by atoms with van der Waals surface area (Å²) < 4.78 is 1.67. The van der Waals surface area contributed by atoms with Crippen molar-refractivity contribution >= 4 is 34.2 Å². The predicted molar refractivity (Wildman–Crippen MR) is 102 cm³/mol. The van der Waals surface area contributed by atoms with Crippen molar-refractivity contribution in [3.05, 3.63) is 39.5 Å². The third kappa shape index (κ3) is 4.22. The van der Waals surface area contributed by atoms with Crippen LogP contribution in [0, 0.1) is 29.6 Å². The van der Waals surface area contributed by atoms with E-state index >= 15 is 0 Å². The topological polar surface area (TPSA) is 115 Å². The van der Waals surface area contributed by atoms with Gasteiger partial charge in [0.2, 0.25) is 0 Å². The van der Waals surface area contributed by atoms with Crippen molar-refractivity contribution < 1.29 is 9.59 Å². The highest BCUT2D eigenvalue weighted by Crippen LogP contribution is 2.33. The largest absolute Gasteiger partial charge is 0.344 e. The number of nitrogens with one attached hydrogen (secondary N) is 1. The highest BCUT2D eigenvalue weighted by Gasteiger charge is 2.23. The van der Waals surface area contributed by atoms with Gasteiger partial charge in [0.25, 0.3) is 11.8 Å². The molecule has 2 amide bonds. The van der Waals surface area contributed by atoms with Crippen LogP contribution in [0.15, 0.2) is 18.0 Å². The lowest BCUT2D eigenvalue weighted by Gasteiger charge is -2.08. The first-order chi connectivity index (χ1) is 12.8. The molecule has 1 N–H and O–H groups in total. The van der Waals surface area contributed by atoms with Gasteiger partial charge < -0.3 is 10.2 Å². The van der Waals surface area contributed by atoms with Crippen molar-refractivity contribution in [1.82, 2.24) is 14.7 Å². The first kappa shape index (κ1) is 19.9. The van der Waals surface area contributed by atoms with Crippen LogP contribution < -0.4 is 5.32 Å². The average molecular weight is 382 g/mol. The fourth-order valence-electron chi connectivity index (χ4n) is 2.26. The second kappa shape index (κ2) is 8.30. The molecular weight excluding hydrogens is 364 g/mol. The van der Waals surface area contributed by atoms with E-state index in [1.807, 2.05) is 19.1 Å². The minimum absolute atomic E-state index is 0.124. The van der Waals surface area contributed by atoms with Gasteiger partial charge in [-0.25, -0.2) is 0 Å². The Morgan fingerprint density at radius 1 is 1.41 bits per heavy atom. The molecule has 27 heavy (non-hydrogen) atoms. The molecule has 0 saturated carbocycles. The highest BCUT2D eigenvalue weighted by atomic mass is 32.1. The van der Waals surface area contributed by atoms with E-state index in [2.05, 4.69) is 10.4 Å². The van der Waals surface area contributed by atoms with Crippen LogP contribution in [0.2, 0.25) is 0 Å². The molecule has 0 aliphatic heterocycles. The molecule has 0 unspecified atom stereocenters. The molecule has 2 rings (SSSR count). The van der Waals surface area contributed by atoms with Crippen molar-refractivity contribution in [2.45, 2.75) is 20.4 Å². The van der Waals surface area contributed by atoms with Crippen LogP contribution in [0.5, 0.6) is 0 Å². The molecular formula is C18H18N6O2S. The van der Waals surface area contributed by atoms with Crippen LogP contribution >= 0.6 is 11.3 Å². The summed E-state index contributed by atoms with van der Waals surface area (Å²) in [4.78, 5) is 26.5. The number of hydrogen-bond donors (Lipinski definition) is 1. The number of nitriles is 2. The number of thiophene rings is 1. The Morgan fingerprint density at radius 2 is 2.11 bits per heavy atom. The number of aromatic nitrogens is 2. The summed E-state index contributed by atoms with van der Waals surface area (Å²) in [6, 6.07) is 3.87. The van der Waals surface area contributed by atoms with E-state index in [-0.39, 0.29) is 22.0 Å². The third-order valence-corrected chi connectivity index (χ3v) is 4.93. The Balaban J connectivity index is 2.33. The zero-order valence-electron chi connectivity index (χ0n) is 15.4. The Labute approximate surface area is 160 Å². The maximum absolute atomic E-state index is 12.5. The molecule has 9 heteroatoms. The first-order valence-electron chi connectivity index (χ1n) is 8.03. The monoisotopic (exact) mass is 382 g/mol. The van der Waals surface area contributed by atoms with E-state index in [4.69, 9.17) is 0 Å². The van der Waals surface area contributed by atoms with Crippen LogP contribution in [-0.2, 0) is 11.3 Å². The number of aryl methyl sites for hydroxylation is 1. The molecule has 2 heterocycles. The van der Waals surface area contributed by atoms with Crippen LogP contribution in [0.1, 0.15) is 33.3 Å². The van der Waals surface area contributed by atoms with E-state index in [1.165, 1.54) is 11.0 Å². The van der Waals surface area contributed by atoms with Gasteiger partial charge in [-0.3, -0.25) is 14.3 Å². The van der Waals surface area contributed by atoms with Crippen molar-refractivity contribution in [2.75, 3.05) is 19.4 Å². The number of amides is 2. The summed E-state index contributed by atoms with van der Waals surface area (Å²) >= 11 is 1.02. The molecule has 0 aliphatic carbocycles. The zero-order chi connectivity index (χ0) is 20.1. The van der Waals surface area contributed by atoms with E-state index < -0.39 is 5.91 Å². The molecule has 0 aliphatic rings. The van der Waals surface area contributed by atoms with E-state index in [0.29, 0.717) is 22.5 Å². The van der Waals surface area contributed by atoms with Crippen molar-refractivity contribution in [3.8, 4) is 12.1 Å². The molecule has 0 aromatic carbocycles. The predicted octanol–water partition coefficient (Wildman–Crippen LogP) is 2.39. The number of nitrogens with zero attached hydrogens (tertiary/aromatic N) is 5. The molecule has 138 valence electrons. The Morgan fingerprint density at radius 3 is 2.63 bits per heavy atom. The molecule has 0 atom stereocenters. The summed E-state index contributed by atoms with van der Waals surface area (Å²) in [7, 11) is 3.22. The third-order valence-electron chi connectivity index (χ3n) is 3.74. The molecule has 0 fully saturated rings. The van der Waals surface area contributed by atoms with Crippen LogP contribution in [0.3, 0.4) is 0 Å². The van der Waals surface area contributed by atoms with E-state index in [1.54, 1.807) is 38.1 Å². The van der Waals surface area contributed by atoms with Gasteiger partial charge in [0.1, 0.15) is 22.7 Å². The fraction of sp³-hybridized carbons (Fsp3) is 0.278. The van der Waals surface area contributed by atoms with Crippen LogP contribution in [-0.4, -0.2) is 40.6 Å². The fourth-order valence-corrected chi connectivity index (χ4v) is 3.43. The van der Waals surface area contributed by atoms with Gasteiger partial charge in [-0.15, -0.1) is 11.3 Å². The average Bonchev–Trinajstić information content (AvgIpc) is 3.22. The molecule has 8 nitrogen and oxygen atoms in total. The van der Waals surface area contributed by atoms with Gasteiger partial charge in [-0.2, -0.15) is 15.6 Å². The number of carbonyl (C=O) groups is 2. The molecule has 0 bridgehead atoms. The first-order valence-corrected chi connectivity index (χ1v) is 8.84. The second-order valence-corrected chi connectivity index (χ2v) is 6.85. The lowest BCUT2D eigenvalue weighted by atomic mass is 10.1. The Hall–Kier alpha value is -3.43. The number of hydrogen-bond acceptors (Lipinski definition) is 6. The standard InChI is InChI=1S/C18H18N6O2S/c1-5-24-10-12(9-21-24)6-13(7-19)16(25)22-17-14(8-20)11(2)15(27-17)18(26)23(3)4/h6,9-10H,5H2,1-4H3,(H,22,25)/b13-6+. The zero-order valence-corrected chi connectivity index (χ0v) is 16.2. The lowest BCUT2D eigenvalue weighted by molar-refractivity contribution is -0.112. The van der Waals surface area contributed by atoms with Gasteiger partial charge in [0, 0.05) is 32.4 Å². The SMILES string of the molecule is CCn1cc(/C=C(\C#N)C(=O)Nc2sc(C(=O)N(C)C)c(C)c2C#N)cn1. The summed E-state index contributed by atoms with van der Waals surface area (Å²) in [5, 5.41) is 25.6. The molecule has 0 spiro atoms. The van der Waals surface area contributed by atoms with Gasteiger partial charge in [-0.1, -0.05) is 0 Å². The van der Waals surface area contributed by atoms with Gasteiger partial charge in [0.05, 0.1) is 16.6 Å². The molecule has 2 aromatic rings. The molecule has 0 radical (unpaired) electrons. The van der Waals surface area contributed by atoms with Crippen molar-refractivity contribution in [3.63, 3.8) is 0 Å². The summed E-state index contributed by atoms with van der Waals surface area (Å²) in [6.45, 7) is 4.25. The summed E-state index contributed by atoms with van der Waals surface area (Å²) in [6.07, 6.45) is 4.69. The minimum Gasteiger partial charge on any atom is -0.344 e. The van der Waals surface area contributed by atoms with Crippen LogP contribution in [0.4, 0.5) is 5.00 Å². The quantitative estimate of drug-likeness (QED) is 0.630. The number of rotatable bonds is 5. The van der Waals surface area contributed by atoms with Gasteiger partial charge >= 0.3 is 0 Å². The second-order valence-electron chi connectivity index (χ2n) is 5.82. The van der Waals surface area contributed by atoms with Crippen molar-refractivity contribution in [1.29, 1.82) is 10.5 Å². The normalized spacial score (nSPS) is 10.8. The maximum atomic E-state index is 12.5. The van der Waals surface area contributed by atoms with Gasteiger partial charge in [-0.05, 0) is 25.5 Å².